The minimum atomic E-state index is -3.33. The van der Waals surface area contributed by atoms with Crippen molar-refractivity contribution in [3.63, 3.8) is 0 Å². The van der Waals surface area contributed by atoms with Gasteiger partial charge in [-0.2, -0.15) is 8.78 Å². The minimum Gasteiger partial charge on any atom is -0.481 e. The molecule has 156 valence electrons. The predicted molar refractivity (Wildman–Crippen MR) is 96.7 cm³/mol. The average molecular weight is 390 g/mol. The highest BCUT2D eigenvalue weighted by molar-refractivity contribution is 5.86. The van der Waals surface area contributed by atoms with Crippen LogP contribution in [0.3, 0.4) is 0 Å². The lowest BCUT2D eigenvalue weighted by molar-refractivity contribution is -0.144. The number of halogens is 2. The Bertz CT molecular complexity index is 507. The second kappa shape index (κ2) is 11.5. The molecule has 0 aromatic rings. The van der Waals surface area contributed by atoms with Crippen LogP contribution in [0.1, 0.15) is 84.0 Å². The molecule has 0 aliphatic heterocycles. The molecule has 0 spiro atoms. The molecule has 7 heteroatoms. The normalized spacial score (nSPS) is 23.0. The number of carboxylic acid groups (broad SMARTS) is 1. The number of rotatable bonds is 14. The lowest BCUT2D eigenvalue weighted by Crippen LogP contribution is -2.30. The molecule has 1 rings (SSSR count). The first-order chi connectivity index (χ1) is 12.7. The molecular weight excluding hydrogens is 358 g/mol. The summed E-state index contributed by atoms with van der Waals surface area (Å²) in [6.07, 6.45) is 2.89. The molecule has 0 radical (unpaired) electrons. The Morgan fingerprint density at radius 2 is 1.74 bits per heavy atom. The topological polar surface area (TPSA) is 91.7 Å². The number of Topliss-reactive ketones (excluding diaryl/α,β-unsaturated/α-hetero) is 2. The zero-order valence-electron chi connectivity index (χ0n) is 16.1. The third kappa shape index (κ3) is 8.03. The van der Waals surface area contributed by atoms with Gasteiger partial charge >= 0.3 is 11.9 Å². The number of aliphatic carboxylic acids is 1. The van der Waals surface area contributed by atoms with Gasteiger partial charge in [-0.1, -0.05) is 32.6 Å². The van der Waals surface area contributed by atoms with Crippen LogP contribution in [0.2, 0.25) is 0 Å². The fraction of sp³-hybridized carbons (Fsp3) is 0.850. The van der Waals surface area contributed by atoms with E-state index in [1.54, 1.807) is 6.92 Å². The summed E-state index contributed by atoms with van der Waals surface area (Å²) in [4.78, 5) is 34.4. The van der Waals surface area contributed by atoms with Crippen molar-refractivity contribution in [3.8, 4) is 0 Å². The van der Waals surface area contributed by atoms with E-state index in [0.29, 0.717) is 19.3 Å². The maximum atomic E-state index is 13.8. The van der Waals surface area contributed by atoms with Gasteiger partial charge in [0.2, 0.25) is 5.78 Å². The van der Waals surface area contributed by atoms with Crippen molar-refractivity contribution in [2.75, 3.05) is 0 Å². The average Bonchev–Trinajstić information content (AvgIpc) is 2.86. The van der Waals surface area contributed by atoms with E-state index < -0.39 is 42.0 Å². The summed E-state index contributed by atoms with van der Waals surface area (Å²) in [7, 11) is 0. The predicted octanol–water partition coefficient (Wildman–Crippen LogP) is 4.15. The number of unbranched alkanes of at least 4 members (excludes halogenated alkanes) is 4. The molecule has 1 aliphatic rings. The minimum absolute atomic E-state index is 0.0226. The summed E-state index contributed by atoms with van der Waals surface area (Å²) in [5, 5.41) is 18.7. The summed E-state index contributed by atoms with van der Waals surface area (Å²) < 4.78 is 27.6. The highest BCUT2D eigenvalue weighted by atomic mass is 19.3. The first kappa shape index (κ1) is 23.7. The number of ketones is 2. The standard InChI is InChI=1S/C20H32F2O5/c1-2-3-12-20(21,22)18(25)11-10-15-14(16(23)13-17(15)24)8-6-4-5-7-9-19(26)27/h14-15,17,24H,2-13H2,1H3,(H,26,27)/t14?,15-,17?/m1/s1. The number of alkyl halides is 2. The van der Waals surface area contributed by atoms with Crippen molar-refractivity contribution < 1.29 is 33.4 Å². The summed E-state index contributed by atoms with van der Waals surface area (Å²) in [6, 6.07) is 0. The van der Waals surface area contributed by atoms with Crippen molar-refractivity contribution in [2.45, 2.75) is 96.0 Å². The summed E-state index contributed by atoms with van der Waals surface area (Å²) >= 11 is 0. The van der Waals surface area contributed by atoms with Crippen LogP contribution in [-0.2, 0) is 14.4 Å². The van der Waals surface area contributed by atoms with Gasteiger partial charge in [0.1, 0.15) is 5.78 Å². The molecule has 2 unspecified atom stereocenters. The third-order valence-electron chi connectivity index (χ3n) is 5.45. The Kier molecular flexibility index (Phi) is 10.1. The Hall–Kier alpha value is -1.37. The molecule has 5 nitrogen and oxygen atoms in total. The Balaban J connectivity index is 2.45. The number of carboxylic acids is 1. The van der Waals surface area contributed by atoms with Gasteiger partial charge in [-0.15, -0.1) is 0 Å². The van der Waals surface area contributed by atoms with Crippen molar-refractivity contribution in [2.24, 2.45) is 11.8 Å². The van der Waals surface area contributed by atoms with E-state index in [4.69, 9.17) is 5.11 Å². The van der Waals surface area contributed by atoms with Crippen molar-refractivity contribution in [1.82, 2.24) is 0 Å². The summed E-state index contributed by atoms with van der Waals surface area (Å²) in [6.45, 7) is 1.79. The lowest BCUT2D eigenvalue weighted by atomic mass is 9.85. The number of hydrogen-bond acceptors (Lipinski definition) is 4. The van der Waals surface area contributed by atoms with E-state index in [1.807, 2.05) is 0 Å². The first-order valence-corrected chi connectivity index (χ1v) is 10.0. The van der Waals surface area contributed by atoms with Crippen LogP contribution in [0, 0.1) is 11.8 Å². The Morgan fingerprint density at radius 3 is 2.37 bits per heavy atom. The molecule has 0 bridgehead atoms. The van der Waals surface area contributed by atoms with Crippen molar-refractivity contribution in [3.05, 3.63) is 0 Å². The number of carbonyl (C=O) groups is 3. The molecule has 27 heavy (non-hydrogen) atoms. The van der Waals surface area contributed by atoms with Crippen LogP contribution in [-0.4, -0.2) is 39.8 Å². The van der Waals surface area contributed by atoms with E-state index in [9.17, 15) is 28.3 Å². The Labute approximate surface area is 159 Å². The maximum absolute atomic E-state index is 13.8. The van der Waals surface area contributed by atoms with Gasteiger partial charge in [0.05, 0.1) is 6.10 Å². The zero-order valence-corrected chi connectivity index (χ0v) is 16.1. The lowest BCUT2D eigenvalue weighted by Gasteiger charge is -2.22. The SMILES string of the molecule is CCCCC(F)(F)C(=O)CC[C@H]1C(O)CC(=O)C1CCCCCCC(=O)O. The molecule has 0 amide bonds. The monoisotopic (exact) mass is 390 g/mol. The van der Waals surface area contributed by atoms with Crippen LogP contribution >= 0.6 is 0 Å². The number of hydrogen-bond donors (Lipinski definition) is 2. The van der Waals surface area contributed by atoms with E-state index in [0.717, 1.165) is 19.3 Å². The number of carbonyl (C=O) groups excluding carboxylic acids is 2. The quantitative estimate of drug-likeness (QED) is 0.435. The van der Waals surface area contributed by atoms with Crippen LogP contribution in [0.15, 0.2) is 0 Å². The molecule has 1 saturated carbocycles. The molecule has 1 aliphatic carbocycles. The second-order valence-corrected chi connectivity index (χ2v) is 7.62. The number of aliphatic hydroxyl groups is 1. The molecule has 3 atom stereocenters. The van der Waals surface area contributed by atoms with Crippen molar-refractivity contribution >= 4 is 17.5 Å². The van der Waals surface area contributed by atoms with Crippen LogP contribution in [0.25, 0.3) is 0 Å². The zero-order chi connectivity index (χ0) is 20.4. The van der Waals surface area contributed by atoms with Crippen LogP contribution in [0.4, 0.5) is 8.78 Å². The van der Waals surface area contributed by atoms with Gasteiger partial charge < -0.3 is 10.2 Å². The molecule has 0 aromatic carbocycles. The molecule has 0 heterocycles. The van der Waals surface area contributed by atoms with E-state index >= 15 is 0 Å². The van der Waals surface area contributed by atoms with Gasteiger partial charge in [-0.3, -0.25) is 14.4 Å². The van der Waals surface area contributed by atoms with E-state index in [-0.39, 0.29) is 37.9 Å². The van der Waals surface area contributed by atoms with Gasteiger partial charge in [0.25, 0.3) is 0 Å². The summed E-state index contributed by atoms with van der Waals surface area (Å²) in [5.74, 6) is -6.16. The van der Waals surface area contributed by atoms with Gasteiger partial charge in [0, 0.05) is 31.6 Å². The molecule has 1 fully saturated rings. The fourth-order valence-corrected chi connectivity index (χ4v) is 3.80. The molecule has 0 aromatic heterocycles. The van der Waals surface area contributed by atoms with Gasteiger partial charge in [0.15, 0.2) is 0 Å². The summed E-state index contributed by atoms with van der Waals surface area (Å²) in [5.41, 5.74) is 0. The molecule has 0 saturated heterocycles. The van der Waals surface area contributed by atoms with E-state index in [2.05, 4.69) is 0 Å². The van der Waals surface area contributed by atoms with Gasteiger partial charge in [-0.05, 0) is 31.6 Å². The first-order valence-electron chi connectivity index (χ1n) is 10.0. The van der Waals surface area contributed by atoms with Gasteiger partial charge in [-0.25, -0.2) is 0 Å². The highest BCUT2D eigenvalue weighted by Gasteiger charge is 2.43. The smallest absolute Gasteiger partial charge is 0.305 e. The molecular formula is C20H32F2O5. The maximum Gasteiger partial charge on any atom is 0.305 e. The second-order valence-electron chi connectivity index (χ2n) is 7.62. The van der Waals surface area contributed by atoms with Crippen LogP contribution in [0.5, 0.6) is 0 Å². The Morgan fingerprint density at radius 1 is 1.07 bits per heavy atom. The molecule has 2 N–H and O–H groups in total. The fourth-order valence-electron chi connectivity index (χ4n) is 3.80. The third-order valence-corrected chi connectivity index (χ3v) is 5.45. The largest absolute Gasteiger partial charge is 0.481 e. The van der Waals surface area contributed by atoms with Crippen LogP contribution < -0.4 is 0 Å². The van der Waals surface area contributed by atoms with E-state index in [1.165, 1.54) is 0 Å². The highest BCUT2D eigenvalue weighted by Crippen LogP contribution is 2.37. The number of aliphatic hydroxyl groups excluding tert-OH is 1. The van der Waals surface area contributed by atoms with Crippen molar-refractivity contribution in [1.29, 1.82) is 0 Å².